The van der Waals surface area contributed by atoms with Crippen molar-refractivity contribution in [2.75, 3.05) is 13.2 Å². The van der Waals surface area contributed by atoms with Crippen LogP contribution in [0.25, 0.3) is 0 Å². The fourth-order valence-electron chi connectivity index (χ4n) is 2.01. The third kappa shape index (κ3) is 1.50. The van der Waals surface area contributed by atoms with Crippen molar-refractivity contribution >= 4 is 0 Å². The van der Waals surface area contributed by atoms with Crippen LogP contribution < -0.4 is 10.5 Å². The van der Waals surface area contributed by atoms with Crippen LogP contribution in [0.4, 0.5) is 0 Å². The molecule has 1 aliphatic heterocycles. The Morgan fingerprint density at radius 2 is 2.29 bits per heavy atom. The van der Waals surface area contributed by atoms with Gasteiger partial charge in [0.25, 0.3) is 0 Å². The number of rotatable bonds is 1. The number of hydrogen-bond acceptors (Lipinski definition) is 2. The van der Waals surface area contributed by atoms with Gasteiger partial charge in [-0.2, -0.15) is 0 Å². The zero-order valence-electron chi connectivity index (χ0n) is 8.79. The van der Waals surface area contributed by atoms with Crippen molar-refractivity contribution in [2.24, 2.45) is 11.7 Å². The predicted molar refractivity (Wildman–Crippen MR) is 57.6 cm³/mol. The van der Waals surface area contributed by atoms with Crippen LogP contribution in [0.5, 0.6) is 5.75 Å². The van der Waals surface area contributed by atoms with Crippen LogP contribution in [-0.2, 0) is 0 Å². The summed E-state index contributed by atoms with van der Waals surface area (Å²) in [5.41, 5.74) is 8.26. The van der Waals surface area contributed by atoms with Crippen LogP contribution in [0.3, 0.4) is 0 Å². The Labute approximate surface area is 85.1 Å². The highest BCUT2D eigenvalue weighted by atomic mass is 16.5. The van der Waals surface area contributed by atoms with E-state index in [0.29, 0.717) is 18.4 Å². The van der Waals surface area contributed by atoms with Crippen molar-refractivity contribution in [2.45, 2.75) is 19.8 Å². The van der Waals surface area contributed by atoms with Crippen LogP contribution in [0, 0.1) is 12.8 Å². The quantitative estimate of drug-likeness (QED) is 0.737. The largest absolute Gasteiger partial charge is 0.493 e. The summed E-state index contributed by atoms with van der Waals surface area (Å²) in [4.78, 5) is 0. The Hall–Kier alpha value is -1.02. The van der Waals surface area contributed by atoms with E-state index in [4.69, 9.17) is 10.5 Å². The molecular weight excluding hydrogens is 174 g/mol. The molecule has 14 heavy (non-hydrogen) atoms. The predicted octanol–water partition coefficient (Wildman–Crippen LogP) is 2.07. The highest BCUT2D eigenvalue weighted by Crippen LogP contribution is 2.36. The molecule has 0 fully saturated rings. The molecule has 0 bridgehead atoms. The molecule has 2 rings (SSSR count). The second-order valence-electron chi connectivity index (χ2n) is 4.14. The van der Waals surface area contributed by atoms with E-state index in [9.17, 15) is 0 Å². The highest BCUT2D eigenvalue weighted by Gasteiger charge is 2.26. The minimum Gasteiger partial charge on any atom is -0.493 e. The molecule has 0 radical (unpaired) electrons. The molecule has 1 aliphatic rings. The smallest absolute Gasteiger partial charge is 0.123 e. The SMILES string of the molecule is Cc1ccc2c(c1)OCC(CN)C2C. The Balaban J connectivity index is 2.36. The molecular formula is C12H17NO. The molecule has 0 amide bonds. The van der Waals surface area contributed by atoms with Gasteiger partial charge in [0.1, 0.15) is 5.75 Å². The van der Waals surface area contributed by atoms with Gasteiger partial charge in [-0.05, 0) is 36.6 Å². The molecule has 2 nitrogen and oxygen atoms in total. The van der Waals surface area contributed by atoms with Gasteiger partial charge in [-0.3, -0.25) is 0 Å². The molecule has 0 saturated heterocycles. The van der Waals surface area contributed by atoms with Crippen molar-refractivity contribution < 1.29 is 4.74 Å². The molecule has 2 atom stereocenters. The third-order valence-electron chi connectivity index (χ3n) is 3.12. The maximum atomic E-state index is 5.70. The van der Waals surface area contributed by atoms with E-state index in [1.165, 1.54) is 11.1 Å². The molecule has 0 saturated carbocycles. The van der Waals surface area contributed by atoms with Crippen molar-refractivity contribution in [3.63, 3.8) is 0 Å². The summed E-state index contributed by atoms with van der Waals surface area (Å²) in [7, 11) is 0. The Morgan fingerprint density at radius 1 is 1.50 bits per heavy atom. The summed E-state index contributed by atoms with van der Waals surface area (Å²) in [6, 6.07) is 6.41. The minimum atomic E-state index is 0.463. The normalized spacial score (nSPS) is 25.4. The number of ether oxygens (including phenoxy) is 1. The molecule has 76 valence electrons. The molecule has 2 N–H and O–H groups in total. The van der Waals surface area contributed by atoms with E-state index >= 15 is 0 Å². The topological polar surface area (TPSA) is 35.2 Å². The Bertz CT molecular complexity index is 335. The van der Waals surface area contributed by atoms with Gasteiger partial charge in [-0.1, -0.05) is 19.1 Å². The van der Waals surface area contributed by atoms with Gasteiger partial charge in [-0.15, -0.1) is 0 Å². The monoisotopic (exact) mass is 191 g/mol. The Kier molecular flexibility index (Phi) is 2.46. The van der Waals surface area contributed by atoms with Gasteiger partial charge in [-0.25, -0.2) is 0 Å². The second kappa shape index (κ2) is 3.62. The van der Waals surface area contributed by atoms with Gasteiger partial charge in [0.05, 0.1) is 6.61 Å². The van der Waals surface area contributed by atoms with Crippen LogP contribution in [-0.4, -0.2) is 13.2 Å². The van der Waals surface area contributed by atoms with E-state index in [2.05, 4.69) is 32.0 Å². The first-order valence-corrected chi connectivity index (χ1v) is 5.15. The standard InChI is InChI=1S/C12H17NO/c1-8-3-4-11-9(2)10(6-13)7-14-12(11)5-8/h3-5,9-10H,6-7,13H2,1-2H3. The van der Waals surface area contributed by atoms with E-state index in [1.807, 2.05) is 0 Å². The summed E-state index contributed by atoms with van der Waals surface area (Å²) in [5, 5.41) is 0. The lowest BCUT2D eigenvalue weighted by molar-refractivity contribution is 0.203. The summed E-state index contributed by atoms with van der Waals surface area (Å²) in [6.45, 7) is 5.78. The molecule has 1 heterocycles. The third-order valence-corrected chi connectivity index (χ3v) is 3.12. The first kappa shape index (κ1) is 9.53. The van der Waals surface area contributed by atoms with Crippen molar-refractivity contribution in [1.82, 2.24) is 0 Å². The average molecular weight is 191 g/mol. The van der Waals surface area contributed by atoms with Crippen LogP contribution in [0.2, 0.25) is 0 Å². The summed E-state index contributed by atoms with van der Waals surface area (Å²) < 4.78 is 5.70. The van der Waals surface area contributed by atoms with Gasteiger partial charge < -0.3 is 10.5 Å². The fourth-order valence-corrected chi connectivity index (χ4v) is 2.01. The average Bonchev–Trinajstić information content (AvgIpc) is 2.18. The first-order valence-electron chi connectivity index (χ1n) is 5.15. The number of aryl methyl sites for hydroxylation is 1. The van der Waals surface area contributed by atoms with Crippen LogP contribution in [0.1, 0.15) is 24.0 Å². The molecule has 2 heteroatoms. The van der Waals surface area contributed by atoms with E-state index in [-0.39, 0.29) is 0 Å². The summed E-state index contributed by atoms with van der Waals surface area (Å²) >= 11 is 0. The zero-order chi connectivity index (χ0) is 10.1. The highest BCUT2D eigenvalue weighted by molar-refractivity contribution is 5.41. The van der Waals surface area contributed by atoms with Gasteiger partial charge in [0.15, 0.2) is 0 Å². The number of nitrogens with two attached hydrogens (primary N) is 1. The Morgan fingerprint density at radius 3 is 3.00 bits per heavy atom. The lowest BCUT2D eigenvalue weighted by Gasteiger charge is -2.30. The van der Waals surface area contributed by atoms with Gasteiger partial charge in [0, 0.05) is 5.92 Å². The van der Waals surface area contributed by atoms with Crippen molar-refractivity contribution in [3.05, 3.63) is 29.3 Å². The van der Waals surface area contributed by atoms with Gasteiger partial charge in [0.2, 0.25) is 0 Å². The van der Waals surface area contributed by atoms with Crippen LogP contribution in [0.15, 0.2) is 18.2 Å². The first-order chi connectivity index (χ1) is 6.72. The zero-order valence-corrected chi connectivity index (χ0v) is 8.79. The van der Waals surface area contributed by atoms with E-state index in [0.717, 1.165) is 12.4 Å². The number of fused-ring (bicyclic) bond motifs is 1. The van der Waals surface area contributed by atoms with Crippen LogP contribution >= 0.6 is 0 Å². The molecule has 2 unspecified atom stereocenters. The fraction of sp³-hybridized carbons (Fsp3) is 0.500. The summed E-state index contributed by atoms with van der Waals surface area (Å²) in [6.07, 6.45) is 0. The van der Waals surface area contributed by atoms with Crippen molar-refractivity contribution in [3.8, 4) is 5.75 Å². The van der Waals surface area contributed by atoms with E-state index in [1.54, 1.807) is 0 Å². The number of hydrogen-bond donors (Lipinski definition) is 1. The molecule has 0 aliphatic carbocycles. The van der Waals surface area contributed by atoms with Gasteiger partial charge >= 0.3 is 0 Å². The maximum absolute atomic E-state index is 5.70. The van der Waals surface area contributed by atoms with E-state index < -0.39 is 0 Å². The maximum Gasteiger partial charge on any atom is 0.123 e. The number of benzene rings is 1. The molecule has 1 aromatic carbocycles. The lowest BCUT2D eigenvalue weighted by Crippen LogP contribution is -2.30. The molecule has 0 spiro atoms. The molecule has 1 aromatic rings. The van der Waals surface area contributed by atoms with Crippen molar-refractivity contribution in [1.29, 1.82) is 0 Å². The summed E-state index contributed by atoms with van der Waals surface area (Å²) in [5.74, 6) is 2.02. The lowest BCUT2D eigenvalue weighted by atomic mass is 9.85. The second-order valence-corrected chi connectivity index (χ2v) is 4.14. The molecule has 0 aromatic heterocycles. The minimum absolute atomic E-state index is 0.463.